The predicted octanol–water partition coefficient (Wildman–Crippen LogP) is 4.10. The standard InChI is InChI=1S/C24H34N6O/c1-7-24(5,6)30-22(26-27-28-30)21(29-10-8-15(2)9-11-29)19-14-18-13-16(3)12-17(4)20(18)25-23(19)31/h12-15,21H,7-11H2,1-6H3,(H,25,31). The molecule has 1 aliphatic heterocycles. The molecule has 0 aliphatic carbocycles. The van der Waals surface area contributed by atoms with Gasteiger partial charge in [-0.3, -0.25) is 9.69 Å². The first-order chi connectivity index (χ1) is 14.7. The highest BCUT2D eigenvalue weighted by Crippen LogP contribution is 2.33. The zero-order valence-electron chi connectivity index (χ0n) is 19.6. The van der Waals surface area contributed by atoms with Gasteiger partial charge in [0, 0.05) is 5.56 Å². The Morgan fingerprint density at radius 1 is 1.19 bits per heavy atom. The van der Waals surface area contributed by atoms with Crippen molar-refractivity contribution in [3.05, 3.63) is 51.1 Å². The van der Waals surface area contributed by atoms with Gasteiger partial charge in [-0.25, -0.2) is 4.68 Å². The molecule has 1 aliphatic rings. The molecule has 7 heteroatoms. The van der Waals surface area contributed by atoms with Gasteiger partial charge in [-0.1, -0.05) is 25.5 Å². The van der Waals surface area contributed by atoms with Crippen molar-refractivity contribution in [2.24, 2.45) is 5.92 Å². The molecule has 31 heavy (non-hydrogen) atoms. The normalized spacial score (nSPS) is 17.4. The molecule has 2 aromatic heterocycles. The molecule has 166 valence electrons. The van der Waals surface area contributed by atoms with E-state index < -0.39 is 0 Å². The first kappa shape index (κ1) is 21.7. The molecule has 1 fully saturated rings. The van der Waals surface area contributed by atoms with Crippen LogP contribution in [0.2, 0.25) is 0 Å². The zero-order valence-corrected chi connectivity index (χ0v) is 19.6. The number of tetrazole rings is 1. The topological polar surface area (TPSA) is 79.7 Å². The van der Waals surface area contributed by atoms with Crippen LogP contribution in [-0.2, 0) is 5.54 Å². The Morgan fingerprint density at radius 2 is 1.90 bits per heavy atom. The number of rotatable bonds is 5. The third-order valence-electron chi connectivity index (χ3n) is 6.98. The van der Waals surface area contributed by atoms with Gasteiger partial charge in [-0.2, -0.15) is 0 Å². The summed E-state index contributed by atoms with van der Waals surface area (Å²) in [6, 6.07) is 6.01. The number of nitrogens with zero attached hydrogens (tertiary/aromatic N) is 5. The Morgan fingerprint density at radius 3 is 2.58 bits per heavy atom. The second kappa shape index (κ2) is 8.19. The molecule has 0 bridgehead atoms. The number of aromatic amines is 1. The van der Waals surface area contributed by atoms with Crippen molar-refractivity contribution in [3.8, 4) is 0 Å². The summed E-state index contributed by atoms with van der Waals surface area (Å²) in [6.07, 6.45) is 3.11. The maximum atomic E-state index is 13.4. The van der Waals surface area contributed by atoms with E-state index in [4.69, 9.17) is 0 Å². The summed E-state index contributed by atoms with van der Waals surface area (Å²) in [7, 11) is 0. The van der Waals surface area contributed by atoms with E-state index >= 15 is 0 Å². The fraction of sp³-hybridized carbons (Fsp3) is 0.583. The highest BCUT2D eigenvalue weighted by Gasteiger charge is 2.35. The number of hydrogen-bond acceptors (Lipinski definition) is 5. The van der Waals surface area contributed by atoms with Crippen LogP contribution in [0.3, 0.4) is 0 Å². The van der Waals surface area contributed by atoms with Crippen LogP contribution in [0.1, 0.15) is 75.5 Å². The largest absolute Gasteiger partial charge is 0.321 e. The summed E-state index contributed by atoms with van der Waals surface area (Å²) >= 11 is 0. The van der Waals surface area contributed by atoms with Crippen molar-refractivity contribution < 1.29 is 0 Å². The molecule has 1 aromatic carbocycles. The number of piperidine rings is 1. The lowest BCUT2D eigenvalue weighted by atomic mass is 9.94. The summed E-state index contributed by atoms with van der Waals surface area (Å²) < 4.78 is 1.92. The van der Waals surface area contributed by atoms with E-state index in [0.717, 1.165) is 60.2 Å². The summed E-state index contributed by atoms with van der Waals surface area (Å²) in [4.78, 5) is 18.9. The number of fused-ring (bicyclic) bond motifs is 1. The molecular weight excluding hydrogens is 388 g/mol. The maximum absolute atomic E-state index is 13.4. The van der Waals surface area contributed by atoms with Crippen molar-refractivity contribution in [1.29, 1.82) is 0 Å². The SMILES string of the molecule is CCC(C)(C)n1nnnc1C(c1cc2cc(C)cc(C)c2[nH]c1=O)N1CCC(C)CC1. The highest BCUT2D eigenvalue weighted by atomic mass is 16.1. The molecule has 0 spiro atoms. The first-order valence-corrected chi connectivity index (χ1v) is 11.4. The minimum Gasteiger partial charge on any atom is -0.321 e. The van der Waals surface area contributed by atoms with E-state index in [-0.39, 0.29) is 17.1 Å². The fourth-order valence-corrected chi connectivity index (χ4v) is 4.64. The van der Waals surface area contributed by atoms with Crippen LogP contribution in [0.25, 0.3) is 10.9 Å². The molecule has 3 aromatic rings. The molecule has 3 heterocycles. The summed E-state index contributed by atoms with van der Waals surface area (Å²) in [5.41, 5.74) is 3.58. The number of benzene rings is 1. The van der Waals surface area contributed by atoms with E-state index in [1.165, 1.54) is 5.56 Å². The predicted molar refractivity (Wildman–Crippen MR) is 123 cm³/mol. The molecular formula is C24H34N6O. The van der Waals surface area contributed by atoms with Crippen LogP contribution in [0.5, 0.6) is 0 Å². The van der Waals surface area contributed by atoms with E-state index in [0.29, 0.717) is 5.92 Å². The van der Waals surface area contributed by atoms with Crippen molar-refractivity contribution in [3.63, 3.8) is 0 Å². The third-order valence-corrected chi connectivity index (χ3v) is 6.98. The number of likely N-dealkylation sites (tertiary alicyclic amines) is 1. The Bertz CT molecular complexity index is 1140. The van der Waals surface area contributed by atoms with Crippen LogP contribution in [0.15, 0.2) is 23.0 Å². The lowest BCUT2D eigenvalue weighted by Gasteiger charge is -2.37. The molecule has 1 atom stereocenters. The molecule has 0 radical (unpaired) electrons. The lowest BCUT2D eigenvalue weighted by Crippen LogP contribution is -2.41. The van der Waals surface area contributed by atoms with Crippen molar-refractivity contribution >= 4 is 10.9 Å². The van der Waals surface area contributed by atoms with Gasteiger partial charge in [-0.05, 0) is 99.5 Å². The quantitative estimate of drug-likeness (QED) is 0.670. The monoisotopic (exact) mass is 422 g/mol. The molecule has 1 N–H and O–H groups in total. The fourth-order valence-electron chi connectivity index (χ4n) is 4.64. The van der Waals surface area contributed by atoms with Crippen LogP contribution < -0.4 is 5.56 Å². The lowest BCUT2D eigenvalue weighted by molar-refractivity contribution is 0.143. The van der Waals surface area contributed by atoms with E-state index in [1.54, 1.807) is 0 Å². The number of H-pyrrole nitrogens is 1. The van der Waals surface area contributed by atoms with E-state index in [1.807, 2.05) is 11.6 Å². The molecule has 0 saturated carbocycles. The summed E-state index contributed by atoms with van der Waals surface area (Å²) in [6.45, 7) is 14.7. The number of nitrogens with one attached hydrogen (secondary N) is 1. The van der Waals surface area contributed by atoms with E-state index in [9.17, 15) is 4.79 Å². The van der Waals surface area contributed by atoms with Gasteiger partial charge >= 0.3 is 0 Å². The molecule has 1 unspecified atom stereocenters. The summed E-state index contributed by atoms with van der Waals surface area (Å²) in [5, 5.41) is 13.9. The number of pyridine rings is 1. The third kappa shape index (κ3) is 4.03. The van der Waals surface area contributed by atoms with Crippen LogP contribution >= 0.6 is 0 Å². The minimum atomic E-state index is -0.276. The Balaban J connectivity index is 1.92. The summed E-state index contributed by atoms with van der Waals surface area (Å²) in [5.74, 6) is 1.44. The van der Waals surface area contributed by atoms with Gasteiger partial charge in [0.1, 0.15) is 6.04 Å². The molecule has 1 saturated heterocycles. The minimum absolute atomic E-state index is 0.0630. The van der Waals surface area contributed by atoms with Crippen LogP contribution in [-0.4, -0.2) is 43.2 Å². The van der Waals surface area contributed by atoms with Gasteiger partial charge in [0.05, 0.1) is 11.1 Å². The highest BCUT2D eigenvalue weighted by molar-refractivity contribution is 5.83. The van der Waals surface area contributed by atoms with Gasteiger partial charge in [-0.15, -0.1) is 5.10 Å². The average Bonchev–Trinajstić information content (AvgIpc) is 3.21. The number of aryl methyl sites for hydroxylation is 2. The molecule has 0 amide bonds. The first-order valence-electron chi connectivity index (χ1n) is 11.4. The average molecular weight is 423 g/mol. The van der Waals surface area contributed by atoms with Gasteiger partial charge in [0.2, 0.25) is 0 Å². The van der Waals surface area contributed by atoms with E-state index in [2.05, 4.69) is 78.2 Å². The van der Waals surface area contributed by atoms with Crippen LogP contribution in [0.4, 0.5) is 0 Å². The van der Waals surface area contributed by atoms with Gasteiger partial charge in [0.25, 0.3) is 5.56 Å². The van der Waals surface area contributed by atoms with Crippen molar-refractivity contribution in [2.45, 2.75) is 72.4 Å². The molecule has 7 nitrogen and oxygen atoms in total. The maximum Gasteiger partial charge on any atom is 0.253 e. The Labute approximate surface area is 183 Å². The van der Waals surface area contributed by atoms with Gasteiger partial charge in [0.15, 0.2) is 5.82 Å². The molecule has 4 rings (SSSR count). The second-order valence-corrected chi connectivity index (χ2v) is 9.84. The smallest absolute Gasteiger partial charge is 0.253 e. The van der Waals surface area contributed by atoms with Gasteiger partial charge < -0.3 is 4.98 Å². The number of aromatic nitrogens is 5. The zero-order chi connectivity index (χ0) is 22.3. The Kier molecular flexibility index (Phi) is 5.73. The second-order valence-electron chi connectivity index (χ2n) is 9.84. The number of hydrogen-bond donors (Lipinski definition) is 1. The van der Waals surface area contributed by atoms with Crippen molar-refractivity contribution in [2.75, 3.05) is 13.1 Å². The van der Waals surface area contributed by atoms with Crippen LogP contribution in [0, 0.1) is 19.8 Å². The Hall–Kier alpha value is -2.54. The van der Waals surface area contributed by atoms with Crippen molar-refractivity contribution in [1.82, 2.24) is 30.1 Å².